The molecule has 0 aliphatic carbocycles. The fourth-order valence-corrected chi connectivity index (χ4v) is 4.09. The van der Waals surface area contributed by atoms with Crippen molar-refractivity contribution in [3.8, 4) is 5.75 Å². The largest absolute Gasteiger partial charge is 0.489 e. The summed E-state index contributed by atoms with van der Waals surface area (Å²) < 4.78 is 5.75. The highest BCUT2D eigenvalue weighted by molar-refractivity contribution is 8.01. The number of carbonyl (C=O) groups excluding carboxylic acids is 2. The lowest BCUT2D eigenvalue weighted by molar-refractivity contribution is -0.120. The topological polar surface area (TPSA) is 67.4 Å². The van der Waals surface area contributed by atoms with Crippen molar-refractivity contribution in [2.45, 2.75) is 23.2 Å². The number of para-hydroxylation sites is 1. The van der Waals surface area contributed by atoms with Crippen molar-refractivity contribution >= 4 is 35.0 Å². The Bertz CT molecular complexity index is 1010. The Morgan fingerprint density at radius 1 is 0.966 bits per heavy atom. The smallest absolute Gasteiger partial charge is 0.238 e. The number of amides is 2. The molecule has 4 rings (SSSR count). The minimum Gasteiger partial charge on any atom is -0.489 e. The fraction of sp³-hybridized carbons (Fsp3) is 0.130. The molecule has 2 amide bonds. The van der Waals surface area contributed by atoms with Gasteiger partial charge in [0.1, 0.15) is 12.4 Å². The molecule has 5 nitrogen and oxygen atoms in total. The van der Waals surface area contributed by atoms with E-state index >= 15 is 0 Å². The second-order valence-corrected chi connectivity index (χ2v) is 7.89. The molecule has 0 spiro atoms. The number of nitrogens with one attached hydrogen (secondary N) is 2. The summed E-state index contributed by atoms with van der Waals surface area (Å²) in [5, 5.41) is 5.26. The van der Waals surface area contributed by atoms with E-state index in [1.54, 1.807) is 12.1 Å². The molecule has 1 aliphatic rings. The molecule has 29 heavy (non-hydrogen) atoms. The van der Waals surface area contributed by atoms with Crippen molar-refractivity contribution in [3.63, 3.8) is 0 Å². The van der Waals surface area contributed by atoms with Crippen LogP contribution >= 0.6 is 11.8 Å². The van der Waals surface area contributed by atoms with Crippen molar-refractivity contribution in [2.75, 3.05) is 10.6 Å². The van der Waals surface area contributed by atoms with Crippen LogP contribution < -0.4 is 15.4 Å². The zero-order chi connectivity index (χ0) is 20.1. The van der Waals surface area contributed by atoms with Gasteiger partial charge in [0.25, 0.3) is 0 Å². The predicted molar refractivity (Wildman–Crippen MR) is 115 cm³/mol. The lowest BCUT2D eigenvalue weighted by Crippen LogP contribution is -2.32. The summed E-state index contributed by atoms with van der Waals surface area (Å²) >= 11 is 1.42. The number of carbonyl (C=O) groups is 2. The monoisotopic (exact) mass is 404 g/mol. The molecule has 3 aromatic carbocycles. The Hall–Kier alpha value is -3.25. The Labute approximate surface area is 173 Å². The zero-order valence-electron chi connectivity index (χ0n) is 15.6. The summed E-state index contributed by atoms with van der Waals surface area (Å²) in [6.07, 6.45) is 0.108. The molecule has 0 aromatic heterocycles. The summed E-state index contributed by atoms with van der Waals surface area (Å²) in [5.41, 5.74) is 2.56. The Morgan fingerprint density at radius 2 is 1.69 bits per heavy atom. The molecule has 1 heterocycles. The number of hydrogen-bond donors (Lipinski definition) is 2. The van der Waals surface area contributed by atoms with Gasteiger partial charge in [-0.05, 0) is 42.0 Å². The predicted octanol–water partition coefficient (Wildman–Crippen LogP) is 4.71. The third-order valence-corrected chi connectivity index (χ3v) is 5.74. The van der Waals surface area contributed by atoms with Crippen molar-refractivity contribution in [1.82, 2.24) is 0 Å². The molecule has 3 aromatic rings. The van der Waals surface area contributed by atoms with E-state index in [0.717, 1.165) is 21.9 Å². The molecule has 0 radical (unpaired) electrons. The maximum absolute atomic E-state index is 12.4. The van der Waals surface area contributed by atoms with E-state index < -0.39 is 5.25 Å². The van der Waals surface area contributed by atoms with Crippen LogP contribution in [-0.2, 0) is 16.2 Å². The summed E-state index contributed by atoms with van der Waals surface area (Å²) in [6, 6.07) is 24.7. The van der Waals surface area contributed by atoms with E-state index in [-0.39, 0.29) is 18.2 Å². The van der Waals surface area contributed by atoms with Gasteiger partial charge in [-0.3, -0.25) is 9.59 Å². The highest BCUT2D eigenvalue weighted by Gasteiger charge is 2.28. The van der Waals surface area contributed by atoms with Gasteiger partial charge in [0, 0.05) is 17.0 Å². The lowest BCUT2D eigenvalue weighted by Gasteiger charge is -2.23. The zero-order valence-corrected chi connectivity index (χ0v) is 16.4. The Kier molecular flexibility index (Phi) is 5.81. The van der Waals surface area contributed by atoms with Crippen molar-refractivity contribution in [3.05, 3.63) is 84.4 Å². The fourth-order valence-electron chi connectivity index (χ4n) is 2.98. The molecule has 2 N–H and O–H groups in total. The maximum Gasteiger partial charge on any atom is 0.238 e. The van der Waals surface area contributed by atoms with Gasteiger partial charge in [0.05, 0.1) is 10.9 Å². The van der Waals surface area contributed by atoms with E-state index in [4.69, 9.17) is 4.74 Å². The summed E-state index contributed by atoms with van der Waals surface area (Å²) in [6.45, 7) is 0.488. The van der Waals surface area contributed by atoms with Crippen LogP contribution in [0.1, 0.15) is 12.0 Å². The van der Waals surface area contributed by atoms with Gasteiger partial charge in [0.2, 0.25) is 11.8 Å². The van der Waals surface area contributed by atoms with Gasteiger partial charge in [0.15, 0.2) is 0 Å². The summed E-state index contributed by atoms with van der Waals surface area (Å²) in [7, 11) is 0. The molecule has 1 atom stereocenters. The third kappa shape index (κ3) is 4.97. The molecular formula is C23H20N2O3S. The third-order valence-electron chi connectivity index (χ3n) is 4.46. The van der Waals surface area contributed by atoms with Crippen LogP contribution in [0.5, 0.6) is 5.75 Å². The number of rotatable bonds is 6. The molecule has 0 fully saturated rings. The number of hydrogen-bond acceptors (Lipinski definition) is 4. The first-order valence-electron chi connectivity index (χ1n) is 9.30. The average molecular weight is 404 g/mol. The van der Waals surface area contributed by atoms with Crippen LogP contribution in [0.2, 0.25) is 0 Å². The van der Waals surface area contributed by atoms with Crippen LogP contribution in [0.25, 0.3) is 0 Å². The maximum atomic E-state index is 12.4. The van der Waals surface area contributed by atoms with E-state index in [2.05, 4.69) is 10.6 Å². The quantitative estimate of drug-likeness (QED) is 0.625. The van der Waals surface area contributed by atoms with Gasteiger partial charge in [-0.15, -0.1) is 11.8 Å². The highest BCUT2D eigenvalue weighted by atomic mass is 32.2. The van der Waals surface area contributed by atoms with Crippen LogP contribution in [0.3, 0.4) is 0 Å². The SMILES string of the molecule is O=C(C[C@@H]1Sc2ccccc2NC1=O)Nc1ccc(OCc2ccccc2)cc1. The lowest BCUT2D eigenvalue weighted by atomic mass is 10.2. The molecule has 0 saturated heterocycles. The van der Waals surface area contributed by atoms with Gasteiger partial charge in [-0.25, -0.2) is 0 Å². The van der Waals surface area contributed by atoms with E-state index in [9.17, 15) is 9.59 Å². The van der Waals surface area contributed by atoms with Crippen molar-refractivity contribution in [2.24, 2.45) is 0 Å². The Balaban J connectivity index is 1.30. The number of thioether (sulfide) groups is 1. The van der Waals surface area contributed by atoms with Crippen molar-refractivity contribution < 1.29 is 14.3 Å². The van der Waals surface area contributed by atoms with Gasteiger partial charge >= 0.3 is 0 Å². The first-order valence-corrected chi connectivity index (χ1v) is 10.2. The molecule has 0 saturated carbocycles. The minimum absolute atomic E-state index is 0.108. The van der Waals surface area contributed by atoms with E-state index in [1.807, 2.05) is 66.7 Å². The van der Waals surface area contributed by atoms with Crippen molar-refractivity contribution in [1.29, 1.82) is 0 Å². The van der Waals surface area contributed by atoms with Crippen LogP contribution in [0.4, 0.5) is 11.4 Å². The molecule has 1 aliphatic heterocycles. The molecule has 6 heteroatoms. The first-order chi connectivity index (χ1) is 14.2. The van der Waals surface area contributed by atoms with Gasteiger partial charge < -0.3 is 15.4 Å². The van der Waals surface area contributed by atoms with E-state index in [0.29, 0.717) is 12.3 Å². The van der Waals surface area contributed by atoms with Crippen LogP contribution in [-0.4, -0.2) is 17.1 Å². The Morgan fingerprint density at radius 3 is 2.48 bits per heavy atom. The van der Waals surface area contributed by atoms with E-state index in [1.165, 1.54) is 11.8 Å². The highest BCUT2D eigenvalue weighted by Crippen LogP contribution is 2.36. The average Bonchev–Trinajstić information content (AvgIpc) is 2.74. The summed E-state index contributed by atoms with van der Waals surface area (Å²) in [5.74, 6) is 0.383. The standard InChI is InChI=1S/C23H20N2O3S/c26-22(14-21-23(27)25-19-8-4-5-9-20(19)29-21)24-17-10-12-18(13-11-17)28-15-16-6-2-1-3-7-16/h1-13,21H,14-15H2,(H,24,26)(H,25,27)/t21-/m0/s1. The first kappa shape index (κ1) is 19.1. The van der Waals surface area contributed by atoms with Crippen LogP contribution in [0, 0.1) is 0 Å². The molecule has 0 bridgehead atoms. The molecule has 0 unspecified atom stereocenters. The number of benzene rings is 3. The number of anilines is 2. The molecule has 146 valence electrons. The minimum atomic E-state index is -0.446. The normalized spacial score (nSPS) is 15.2. The summed E-state index contributed by atoms with van der Waals surface area (Å²) in [4.78, 5) is 25.6. The molecular weight excluding hydrogens is 384 g/mol. The number of ether oxygens (including phenoxy) is 1. The number of fused-ring (bicyclic) bond motifs is 1. The van der Waals surface area contributed by atoms with Gasteiger partial charge in [-0.2, -0.15) is 0 Å². The van der Waals surface area contributed by atoms with Gasteiger partial charge in [-0.1, -0.05) is 42.5 Å². The second kappa shape index (κ2) is 8.84. The van der Waals surface area contributed by atoms with Crippen LogP contribution in [0.15, 0.2) is 83.8 Å². The second-order valence-electron chi connectivity index (χ2n) is 6.64.